The maximum Gasteiger partial charge on any atom is 0.338 e. The molecule has 1 aromatic carbocycles. The molecule has 10 heteroatoms. The first-order valence-corrected chi connectivity index (χ1v) is 11.4. The van der Waals surface area contributed by atoms with E-state index in [0.29, 0.717) is 30.4 Å². The number of cyclic esters (lactones) is 1. The number of fused-ring (bicyclic) bond motifs is 2. The molecule has 0 bridgehead atoms. The molecule has 0 spiro atoms. The van der Waals surface area contributed by atoms with Gasteiger partial charge in [-0.25, -0.2) is 4.79 Å². The highest BCUT2D eigenvalue weighted by atomic mass is 16.5. The van der Waals surface area contributed by atoms with Crippen LogP contribution in [0.25, 0.3) is 5.69 Å². The standard InChI is InChI=1S/C24H24N6O4/c1-13-16(4-5-17-20(13)11-34-24(17)33)22(32)10-29-8-18-19(9-29)23(18)21(31)6-14-2-3-15(7-25-14)30-12-26-27-28-30/h2-5,7,12,18-19,22-23,32H,6,8-11H2,1H3/t18?,19?,22-,23?/m0/s1. The Bertz CT molecular complexity index is 1250. The van der Waals surface area contributed by atoms with Crippen LogP contribution in [-0.4, -0.2) is 66.6 Å². The van der Waals surface area contributed by atoms with E-state index >= 15 is 0 Å². The molecule has 3 aromatic rings. The number of rotatable bonds is 7. The van der Waals surface area contributed by atoms with Gasteiger partial charge in [0.15, 0.2) is 0 Å². The number of ketones is 1. The molecule has 4 heterocycles. The van der Waals surface area contributed by atoms with Crippen LogP contribution in [0, 0.1) is 24.7 Å². The van der Waals surface area contributed by atoms with Gasteiger partial charge in [0.25, 0.3) is 0 Å². The van der Waals surface area contributed by atoms with Gasteiger partial charge in [0.1, 0.15) is 18.7 Å². The highest BCUT2D eigenvalue weighted by molar-refractivity contribution is 5.94. The van der Waals surface area contributed by atoms with Crippen molar-refractivity contribution in [3.63, 3.8) is 0 Å². The lowest BCUT2D eigenvalue weighted by Crippen LogP contribution is -2.31. The molecule has 3 aliphatic rings. The van der Waals surface area contributed by atoms with Gasteiger partial charge in [0, 0.05) is 43.2 Å². The van der Waals surface area contributed by atoms with Crippen molar-refractivity contribution in [1.82, 2.24) is 30.1 Å². The van der Waals surface area contributed by atoms with Gasteiger partial charge < -0.3 is 9.84 Å². The summed E-state index contributed by atoms with van der Waals surface area (Å²) in [6.45, 7) is 4.35. The van der Waals surface area contributed by atoms with Crippen LogP contribution >= 0.6 is 0 Å². The molecule has 10 nitrogen and oxygen atoms in total. The number of aliphatic hydroxyl groups is 1. The SMILES string of the molecule is Cc1c([C@@H](O)CN2CC3C(C2)C3C(=O)Cc2ccc(-n3cnnn3)cn2)ccc2c1COC2=O. The molecule has 34 heavy (non-hydrogen) atoms. The summed E-state index contributed by atoms with van der Waals surface area (Å²) in [6.07, 6.45) is 2.84. The summed E-state index contributed by atoms with van der Waals surface area (Å²) >= 11 is 0. The van der Waals surface area contributed by atoms with Gasteiger partial charge in [-0.2, -0.15) is 4.68 Å². The Hall–Kier alpha value is -3.50. The Morgan fingerprint density at radius 1 is 1.24 bits per heavy atom. The lowest BCUT2D eigenvalue weighted by atomic mass is 9.95. The van der Waals surface area contributed by atoms with E-state index in [4.69, 9.17) is 4.74 Å². The Morgan fingerprint density at radius 3 is 2.76 bits per heavy atom. The third-order valence-electron chi connectivity index (χ3n) is 7.42. The molecule has 1 saturated carbocycles. The van der Waals surface area contributed by atoms with Crippen molar-refractivity contribution >= 4 is 11.8 Å². The summed E-state index contributed by atoms with van der Waals surface area (Å²) in [5.74, 6) is 0.726. The van der Waals surface area contributed by atoms with Crippen LogP contribution in [0.15, 0.2) is 36.8 Å². The van der Waals surface area contributed by atoms with E-state index in [9.17, 15) is 14.7 Å². The van der Waals surface area contributed by atoms with Gasteiger partial charge in [-0.05, 0) is 58.5 Å². The molecule has 0 radical (unpaired) electrons. The molecule has 2 unspecified atom stereocenters. The molecule has 0 amide bonds. The third kappa shape index (κ3) is 3.59. The number of hydrogen-bond donors (Lipinski definition) is 1. The summed E-state index contributed by atoms with van der Waals surface area (Å²) in [4.78, 5) is 31.2. The quantitative estimate of drug-likeness (QED) is 0.516. The van der Waals surface area contributed by atoms with Crippen LogP contribution in [-0.2, 0) is 22.6 Å². The molecule has 2 aromatic heterocycles. The van der Waals surface area contributed by atoms with Crippen molar-refractivity contribution in [2.45, 2.75) is 26.1 Å². The fraction of sp³-hybridized carbons (Fsp3) is 0.417. The highest BCUT2D eigenvalue weighted by Crippen LogP contribution is 2.52. The second kappa shape index (κ2) is 8.07. The van der Waals surface area contributed by atoms with Gasteiger partial charge in [-0.1, -0.05) is 6.07 Å². The first kappa shape index (κ1) is 21.1. The number of piperidine rings is 1. The second-order valence-electron chi connectivity index (χ2n) is 9.38. The number of benzene rings is 1. The number of pyridine rings is 1. The fourth-order valence-electron chi connectivity index (χ4n) is 5.54. The zero-order valence-corrected chi connectivity index (χ0v) is 18.7. The van der Waals surface area contributed by atoms with E-state index in [1.165, 1.54) is 11.0 Å². The second-order valence-corrected chi connectivity index (χ2v) is 9.38. The van der Waals surface area contributed by atoms with Crippen LogP contribution in [0.5, 0.6) is 0 Å². The monoisotopic (exact) mass is 460 g/mol. The molecule has 3 atom stereocenters. The van der Waals surface area contributed by atoms with Gasteiger partial charge in [-0.15, -0.1) is 5.10 Å². The molecule has 2 fully saturated rings. The van der Waals surface area contributed by atoms with Gasteiger partial charge >= 0.3 is 5.97 Å². The van der Waals surface area contributed by atoms with Crippen LogP contribution in [0.4, 0.5) is 0 Å². The lowest BCUT2D eigenvalue weighted by Gasteiger charge is -2.24. The lowest BCUT2D eigenvalue weighted by molar-refractivity contribution is -0.120. The van der Waals surface area contributed by atoms with Crippen molar-refractivity contribution < 1.29 is 19.4 Å². The zero-order chi connectivity index (χ0) is 23.4. The average Bonchev–Trinajstić information content (AvgIpc) is 3.27. The minimum Gasteiger partial charge on any atom is -0.457 e. The Balaban J connectivity index is 1.03. The molecular weight excluding hydrogens is 436 g/mol. The van der Waals surface area contributed by atoms with Crippen molar-refractivity contribution in [2.75, 3.05) is 19.6 Å². The third-order valence-corrected chi connectivity index (χ3v) is 7.42. The number of likely N-dealkylation sites (tertiary alicyclic amines) is 1. The summed E-state index contributed by atoms with van der Waals surface area (Å²) in [6, 6.07) is 7.26. The van der Waals surface area contributed by atoms with E-state index in [-0.39, 0.29) is 24.3 Å². The van der Waals surface area contributed by atoms with Crippen molar-refractivity contribution in [1.29, 1.82) is 0 Å². The van der Waals surface area contributed by atoms with Crippen LogP contribution in [0.2, 0.25) is 0 Å². The van der Waals surface area contributed by atoms with Crippen molar-refractivity contribution in [2.24, 2.45) is 17.8 Å². The summed E-state index contributed by atoms with van der Waals surface area (Å²) < 4.78 is 6.63. The van der Waals surface area contributed by atoms with Crippen LogP contribution < -0.4 is 0 Å². The van der Waals surface area contributed by atoms with Crippen molar-refractivity contribution in [3.8, 4) is 5.69 Å². The fourth-order valence-corrected chi connectivity index (χ4v) is 5.54. The summed E-state index contributed by atoms with van der Waals surface area (Å²) in [5.41, 5.74) is 4.71. The van der Waals surface area contributed by atoms with Gasteiger partial charge in [0.05, 0.1) is 23.6 Å². The van der Waals surface area contributed by atoms with E-state index in [1.807, 2.05) is 25.1 Å². The maximum absolute atomic E-state index is 12.8. The Labute approximate surface area is 195 Å². The minimum absolute atomic E-state index is 0.0827. The number of Topliss-reactive ketones (excluding diaryl/α,β-unsaturated/α-hetero) is 1. The molecule has 174 valence electrons. The largest absolute Gasteiger partial charge is 0.457 e. The summed E-state index contributed by atoms with van der Waals surface area (Å²) in [5, 5.41) is 21.9. The first-order valence-electron chi connectivity index (χ1n) is 11.4. The van der Waals surface area contributed by atoms with Gasteiger partial charge in [-0.3, -0.25) is 14.7 Å². The summed E-state index contributed by atoms with van der Waals surface area (Å²) in [7, 11) is 0. The van der Waals surface area contributed by atoms with Crippen LogP contribution in [0.3, 0.4) is 0 Å². The molecule has 1 aliphatic carbocycles. The Morgan fingerprint density at radius 2 is 2.06 bits per heavy atom. The maximum atomic E-state index is 12.8. The molecule has 2 aliphatic heterocycles. The predicted octanol–water partition coefficient (Wildman–Crippen LogP) is 1.06. The molecular formula is C24H24N6O4. The molecule has 1 N–H and O–H groups in total. The normalized spacial score (nSPS) is 23.9. The number of tetrazole rings is 1. The topological polar surface area (TPSA) is 123 Å². The smallest absolute Gasteiger partial charge is 0.338 e. The van der Waals surface area contributed by atoms with E-state index in [1.54, 1.807) is 12.3 Å². The predicted molar refractivity (Wildman–Crippen MR) is 118 cm³/mol. The number of aliphatic hydroxyl groups excluding tert-OH is 1. The van der Waals surface area contributed by atoms with Crippen molar-refractivity contribution in [3.05, 3.63) is 64.7 Å². The molecule has 6 rings (SSSR count). The van der Waals surface area contributed by atoms with E-state index < -0.39 is 6.10 Å². The number of hydrogen-bond acceptors (Lipinski definition) is 9. The van der Waals surface area contributed by atoms with Crippen LogP contribution in [0.1, 0.15) is 38.8 Å². The average molecular weight is 460 g/mol. The number of esters is 1. The number of β-amino-alcohol motifs (C(OH)–C–C–N with tert-alkyl or cyclic N) is 1. The Kier molecular flexibility index (Phi) is 5.00. The highest BCUT2D eigenvalue weighted by Gasteiger charge is 2.58. The van der Waals surface area contributed by atoms with E-state index in [2.05, 4.69) is 25.4 Å². The van der Waals surface area contributed by atoms with Gasteiger partial charge in [0.2, 0.25) is 0 Å². The number of carbonyl (C=O) groups excluding carboxylic acids is 2. The minimum atomic E-state index is -0.643. The number of aromatic nitrogens is 5. The number of nitrogens with zero attached hydrogens (tertiary/aromatic N) is 6. The number of ether oxygens (including phenoxy) is 1. The zero-order valence-electron chi connectivity index (χ0n) is 18.7. The molecule has 1 saturated heterocycles. The van der Waals surface area contributed by atoms with E-state index in [0.717, 1.165) is 41.2 Å². The number of carbonyl (C=O) groups is 2. The first-order chi connectivity index (χ1) is 16.5.